The lowest BCUT2D eigenvalue weighted by atomic mass is 10.1. The van der Waals surface area contributed by atoms with Crippen LogP contribution in [0.25, 0.3) is 0 Å². The highest BCUT2D eigenvalue weighted by Crippen LogP contribution is 2.28. The van der Waals surface area contributed by atoms with Crippen molar-refractivity contribution in [2.45, 2.75) is 26.7 Å². The lowest BCUT2D eigenvalue weighted by Gasteiger charge is -2.11. The Hall–Kier alpha value is -1.37. The van der Waals surface area contributed by atoms with E-state index in [0.29, 0.717) is 12.5 Å². The van der Waals surface area contributed by atoms with Gasteiger partial charge < -0.3 is 10.1 Å². The van der Waals surface area contributed by atoms with Gasteiger partial charge in [0.25, 0.3) is 0 Å². The number of halogens is 5. The van der Waals surface area contributed by atoms with Crippen molar-refractivity contribution in [1.29, 1.82) is 0 Å². The molecule has 7 heteroatoms. The van der Waals surface area contributed by atoms with Crippen molar-refractivity contribution in [2.75, 3.05) is 19.7 Å². The van der Waals surface area contributed by atoms with Crippen LogP contribution in [-0.4, -0.2) is 19.7 Å². The molecule has 0 saturated heterocycles. The van der Waals surface area contributed by atoms with E-state index in [0.717, 1.165) is 12.8 Å². The van der Waals surface area contributed by atoms with Gasteiger partial charge in [0.1, 0.15) is 6.61 Å². The molecule has 0 bridgehead atoms. The molecule has 0 aliphatic carbocycles. The topological polar surface area (TPSA) is 21.3 Å². The molecule has 0 radical (unpaired) electrons. The van der Waals surface area contributed by atoms with Gasteiger partial charge >= 0.3 is 0 Å². The number of rotatable bonds is 8. The molecule has 0 saturated carbocycles. The molecule has 1 aromatic rings. The van der Waals surface area contributed by atoms with Crippen LogP contribution in [0.4, 0.5) is 22.0 Å². The molecule has 1 N–H and O–H groups in total. The Morgan fingerprint density at radius 1 is 0.857 bits per heavy atom. The van der Waals surface area contributed by atoms with Gasteiger partial charge in [-0.2, -0.15) is 8.78 Å². The van der Waals surface area contributed by atoms with Crippen molar-refractivity contribution in [2.24, 2.45) is 5.92 Å². The van der Waals surface area contributed by atoms with Crippen molar-refractivity contribution >= 4 is 0 Å². The van der Waals surface area contributed by atoms with Gasteiger partial charge in [-0.15, -0.1) is 0 Å². The summed E-state index contributed by atoms with van der Waals surface area (Å²) in [7, 11) is 0. The first-order valence-electron chi connectivity index (χ1n) is 6.71. The molecule has 0 atom stereocenters. The molecule has 0 amide bonds. The average Bonchev–Trinajstić information content (AvgIpc) is 2.45. The highest BCUT2D eigenvalue weighted by Gasteiger charge is 2.26. The number of hydrogen-bond acceptors (Lipinski definition) is 2. The first kappa shape index (κ1) is 17.7. The Balaban J connectivity index is 2.46. The number of benzene rings is 1. The summed E-state index contributed by atoms with van der Waals surface area (Å²) in [5.41, 5.74) is 0. The third-order valence-electron chi connectivity index (χ3n) is 2.83. The molecule has 2 nitrogen and oxygen atoms in total. The van der Waals surface area contributed by atoms with Crippen molar-refractivity contribution < 1.29 is 26.7 Å². The minimum Gasteiger partial charge on any atom is -0.486 e. The van der Waals surface area contributed by atoms with Gasteiger partial charge in [0.05, 0.1) is 0 Å². The lowest BCUT2D eigenvalue weighted by molar-refractivity contribution is 0.261. The van der Waals surface area contributed by atoms with E-state index in [-0.39, 0.29) is 13.2 Å². The van der Waals surface area contributed by atoms with Crippen LogP contribution < -0.4 is 10.1 Å². The monoisotopic (exact) mass is 311 g/mol. The summed E-state index contributed by atoms with van der Waals surface area (Å²) in [4.78, 5) is 0. The van der Waals surface area contributed by atoms with Crippen LogP contribution in [0.3, 0.4) is 0 Å². The summed E-state index contributed by atoms with van der Waals surface area (Å²) in [5, 5.41) is 2.96. The summed E-state index contributed by atoms with van der Waals surface area (Å²) in [6.07, 6.45) is 1.96. The molecule has 0 spiro atoms. The molecule has 0 aromatic heterocycles. The zero-order chi connectivity index (χ0) is 16.0. The summed E-state index contributed by atoms with van der Waals surface area (Å²) in [5.74, 6) is -10.8. The minimum atomic E-state index is -2.19. The van der Waals surface area contributed by atoms with E-state index in [1.807, 2.05) is 0 Å². The normalized spacial score (nSPS) is 11.2. The first-order chi connectivity index (χ1) is 9.86. The molecule has 0 heterocycles. The Labute approximate surface area is 120 Å². The van der Waals surface area contributed by atoms with Crippen molar-refractivity contribution in [3.8, 4) is 5.75 Å². The van der Waals surface area contributed by atoms with E-state index in [1.165, 1.54) is 0 Å². The van der Waals surface area contributed by atoms with Crippen LogP contribution in [-0.2, 0) is 0 Å². The van der Waals surface area contributed by atoms with Crippen LogP contribution in [0.1, 0.15) is 26.7 Å². The van der Waals surface area contributed by atoms with Gasteiger partial charge in [-0.05, 0) is 25.3 Å². The molecule has 1 aromatic carbocycles. The minimum absolute atomic E-state index is 0.194. The maximum atomic E-state index is 13.3. The Morgan fingerprint density at radius 2 is 1.38 bits per heavy atom. The molecule has 0 fully saturated rings. The van der Waals surface area contributed by atoms with Crippen LogP contribution in [0.2, 0.25) is 0 Å². The maximum absolute atomic E-state index is 13.3. The van der Waals surface area contributed by atoms with Crippen molar-refractivity contribution in [1.82, 2.24) is 5.32 Å². The highest BCUT2D eigenvalue weighted by molar-refractivity contribution is 5.29. The molecule has 21 heavy (non-hydrogen) atoms. The zero-order valence-corrected chi connectivity index (χ0v) is 11.9. The molecular formula is C14H18F5NO. The van der Waals surface area contributed by atoms with E-state index in [9.17, 15) is 22.0 Å². The van der Waals surface area contributed by atoms with Crippen LogP contribution in [0.5, 0.6) is 5.75 Å². The zero-order valence-electron chi connectivity index (χ0n) is 11.9. The Morgan fingerprint density at radius 3 is 1.90 bits per heavy atom. The van der Waals surface area contributed by atoms with Crippen LogP contribution in [0.15, 0.2) is 0 Å². The van der Waals surface area contributed by atoms with E-state index in [4.69, 9.17) is 0 Å². The second-order valence-electron chi connectivity index (χ2n) is 5.03. The average molecular weight is 311 g/mol. The number of hydrogen-bond donors (Lipinski definition) is 1. The van der Waals surface area contributed by atoms with Gasteiger partial charge in [0, 0.05) is 6.54 Å². The first-order valence-corrected chi connectivity index (χ1v) is 6.71. The molecular weight excluding hydrogens is 293 g/mol. The largest absolute Gasteiger partial charge is 0.486 e. The van der Waals surface area contributed by atoms with Crippen molar-refractivity contribution in [3.05, 3.63) is 29.1 Å². The van der Waals surface area contributed by atoms with Gasteiger partial charge in [0.2, 0.25) is 29.1 Å². The Bertz CT molecular complexity index is 450. The predicted octanol–water partition coefficient (Wildman–Crippen LogP) is 3.79. The number of ether oxygens (including phenoxy) is 1. The predicted molar refractivity (Wildman–Crippen MR) is 68.7 cm³/mol. The summed E-state index contributed by atoms with van der Waals surface area (Å²) in [6.45, 7) is 4.93. The SMILES string of the molecule is CC(C)CCCNCCOc1c(F)c(F)c(F)c(F)c1F. The van der Waals surface area contributed by atoms with E-state index < -0.39 is 34.8 Å². The highest BCUT2D eigenvalue weighted by atomic mass is 19.2. The van der Waals surface area contributed by atoms with E-state index in [1.54, 1.807) is 0 Å². The molecule has 120 valence electrons. The van der Waals surface area contributed by atoms with Crippen molar-refractivity contribution in [3.63, 3.8) is 0 Å². The molecule has 0 aliphatic heterocycles. The standard InChI is InChI=1S/C14H18F5NO/c1-8(2)4-3-5-20-6-7-21-14-12(18)10(16)9(15)11(17)13(14)19/h8,20H,3-7H2,1-2H3. The fraction of sp³-hybridized carbons (Fsp3) is 0.571. The van der Waals surface area contributed by atoms with Gasteiger partial charge in [-0.1, -0.05) is 13.8 Å². The molecule has 1 rings (SSSR count). The Kier molecular flexibility index (Phi) is 6.87. The summed E-state index contributed by atoms with van der Waals surface area (Å²) in [6, 6.07) is 0. The maximum Gasteiger partial charge on any atom is 0.206 e. The number of nitrogens with one attached hydrogen (secondary N) is 1. The van der Waals surface area contributed by atoms with E-state index in [2.05, 4.69) is 23.9 Å². The molecule has 0 unspecified atom stereocenters. The lowest BCUT2D eigenvalue weighted by Crippen LogP contribution is -2.23. The van der Waals surface area contributed by atoms with Gasteiger partial charge in [0.15, 0.2) is 5.75 Å². The molecule has 0 aliphatic rings. The quantitative estimate of drug-likeness (QED) is 0.341. The second-order valence-corrected chi connectivity index (χ2v) is 5.03. The third-order valence-corrected chi connectivity index (χ3v) is 2.83. The summed E-state index contributed by atoms with van der Waals surface area (Å²) < 4.78 is 69.8. The fourth-order valence-electron chi connectivity index (χ4n) is 1.70. The third kappa shape index (κ3) is 4.84. The second kappa shape index (κ2) is 8.17. The smallest absolute Gasteiger partial charge is 0.206 e. The van der Waals surface area contributed by atoms with Gasteiger partial charge in [-0.25, -0.2) is 13.2 Å². The fourth-order valence-corrected chi connectivity index (χ4v) is 1.70. The van der Waals surface area contributed by atoms with Crippen LogP contribution >= 0.6 is 0 Å². The summed E-state index contributed by atoms with van der Waals surface area (Å²) >= 11 is 0. The van der Waals surface area contributed by atoms with E-state index >= 15 is 0 Å². The van der Waals surface area contributed by atoms with Crippen LogP contribution in [0, 0.1) is 35.0 Å². The van der Waals surface area contributed by atoms with Gasteiger partial charge in [-0.3, -0.25) is 0 Å².